The number of carbonyl (C=O) groups is 1. The Hall–Kier alpha value is -2.15. The van der Waals surface area contributed by atoms with Gasteiger partial charge in [-0.2, -0.15) is 0 Å². The molecule has 0 unspecified atom stereocenters. The number of nitrogens with one attached hydrogen (secondary N) is 1. The number of rotatable bonds is 5. The predicted octanol–water partition coefficient (Wildman–Crippen LogP) is 5.44. The Labute approximate surface area is 171 Å². The van der Waals surface area contributed by atoms with Crippen molar-refractivity contribution >= 4 is 49.0 Å². The van der Waals surface area contributed by atoms with E-state index in [0.717, 1.165) is 5.56 Å². The molecule has 7 heteroatoms. The van der Waals surface area contributed by atoms with Gasteiger partial charge in [0.2, 0.25) is 0 Å². The Balaban J connectivity index is 2.03. The van der Waals surface area contributed by atoms with Gasteiger partial charge in [0.25, 0.3) is 10.0 Å². The molecular weight excluding hydrogens is 450 g/mol. The number of aryl methyl sites for hydroxylation is 1. The van der Waals surface area contributed by atoms with Crippen LogP contribution in [0.1, 0.15) is 21.5 Å². The van der Waals surface area contributed by atoms with E-state index in [4.69, 9.17) is 11.6 Å². The minimum absolute atomic E-state index is 0.118. The molecule has 1 N–H and O–H groups in total. The highest BCUT2D eigenvalue weighted by Gasteiger charge is 2.21. The van der Waals surface area contributed by atoms with Crippen molar-refractivity contribution < 1.29 is 13.2 Å². The van der Waals surface area contributed by atoms with Gasteiger partial charge < -0.3 is 0 Å². The largest absolute Gasteiger partial charge is 0.288 e. The summed E-state index contributed by atoms with van der Waals surface area (Å²) in [6, 6.07) is 17.9. The fraction of sp³-hybridized carbons (Fsp3) is 0.0500. The van der Waals surface area contributed by atoms with Crippen LogP contribution in [-0.4, -0.2) is 14.2 Å². The topological polar surface area (TPSA) is 63.2 Å². The molecule has 27 heavy (non-hydrogen) atoms. The molecule has 0 amide bonds. The van der Waals surface area contributed by atoms with Gasteiger partial charge in [-0.05, 0) is 49.4 Å². The maximum absolute atomic E-state index is 13.0. The third-order valence-electron chi connectivity index (χ3n) is 3.92. The molecule has 0 aliphatic heterocycles. The predicted molar refractivity (Wildman–Crippen MR) is 111 cm³/mol. The smallest absolute Gasteiger partial charge is 0.261 e. The SMILES string of the molecule is Cc1ccc(S(=O)(=O)Nc2ccc(Br)cc2C(=O)c2ccccc2Cl)cc1. The molecule has 3 aromatic carbocycles. The van der Waals surface area contributed by atoms with Crippen molar-refractivity contribution in [1.29, 1.82) is 0 Å². The summed E-state index contributed by atoms with van der Waals surface area (Å²) in [7, 11) is -3.84. The summed E-state index contributed by atoms with van der Waals surface area (Å²) in [4.78, 5) is 13.1. The zero-order valence-corrected chi connectivity index (χ0v) is 17.4. The first-order chi connectivity index (χ1) is 12.8. The molecule has 3 aromatic rings. The van der Waals surface area contributed by atoms with E-state index >= 15 is 0 Å². The first-order valence-electron chi connectivity index (χ1n) is 7.96. The Morgan fingerprint density at radius 1 is 0.963 bits per heavy atom. The molecule has 4 nitrogen and oxygen atoms in total. The number of benzene rings is 3. The van der Waals surface area contributed by atoms with E-state index in [1.807, 2.05) is 6.92 Å². The van der Waals surface area contributed by atoms with Crippen LogP contribution in [0.25, 0.3) is 0 Å². The number of carbonyl (C=O) groups excluding carboxylic acids is 1. The molecule has 0 bridgehead atoms. The van der Waals surface area contributed by atoms with E-state index in [1.165, 1.54) is 12.1 Å². The van der Waals surface area contributed by atoms with Gasteiger partial charge in [0.15, 0.2) is 5.78 Å². The highest BCUT2D eigenvalue weighted by atomic mass is 79.9. The van der Waals surface area contributed by atoms with Gasteiger partial charge in [0.1, 0.15) is 0 Å². The summed E-state index contributed by atoms with van der Waals surface area (Å²) in [6.45, 7) is 1.87. The van der Waals surface area contributed by atoms with Crippen molar-refractivity contribution in [1.82, 2.24) is 0 Å². The third kappa shape index (κ3) is 4.40. The van der Waals surface area contributed by atoms with Crippen LogP contribution in [0, 0.1) is 6.92 Å². The highest BCUT2D eigenvalue weighted by molar-refractivity contribution is 9.10. The molecule has 0 heterocycles. The van der Waals surface area contributed by atoms with Crippen LogP contribution >= 0.6 is 27.5 Å². The minimum atomic E-state index is -3.84. The lowest BCUT2D eigenvalue weighted by atomic mass is 10.0. The molecule has 0 fully saturated rings. The lowest BCUT2D eigenvalue weighted by molar-refractivity contribution is 0.103. The van der Waals surface area contributed by atoms with E-state index in [0.29, 0.717) is 15.1 Å². The molecule has 0 aliphatic carbocycles. The van der Waals surface area contributed by atoms with Gasteiger partial charge in [0, 0.05) is 15.6 Å². The van der Waals surface area contributed by atoms with E-state index in [2.05, 4.69) is 20.7 Å². The average Bonchev–Trinajstić information content (AvgIpc) is 2.63. The number of hydrogen-bond acceptors (Lipinski definition) is 3. The van der Waals surface area contributed by atoms with Crippen LogP contribution in [0.4, 0.5) is 5.69 Å². The normalized spacial score (nSPS) is 11.2. The van der Waals surface area contributed by atoms with Gasteiger partial charge in [-0.1, -0.05) is 57.4 Å². The first-order valence-corrected chi connectivity index (χ1v) is 10.6. The van der Waals surface area contributed by atoms with Crippen molar-refractivity contribution in [2.75, 3.05) is 4.72 Å². The van der Waals surface area contributed by atoms with Crippen molar-refractivity contribution in [3.63, 3.8) is 0 Å². The zero-order chi connectivity index (χ0) is 19.6. The molecule has 0 radical (unpaired) electrons. The summed E-state index contributed by atoms with van der Waals surface area (Å²) in [5, 5.41) is 0.301. The van der Waals surface area contributed by atoms with E-state index < -0.39 is 10.0 Å². The summed E-state index contributed by atoms with van der Waals surface area (Å²) >= 11 is 9.46. The summed E-state index contributed by atoms with van der Waals surface area (Å²) in [5.74, 6) is -0.372. The van der Waals surface area contributed by atoms with Gasteiger partial charge in [0.05, 0.1) is 15.6 Å². The van der Waals surface area contributed by atoms with Gasteiger partial charge in [-0.3, -0.25) is 9.52 Å². The molecule has 3 rings (SSSR count). The fourth-order valence-electron chi connectivity index (χ4n) is 2.50. The summed E-state index contributed by atoms with van der Waals surface area (Å²) in [5.41, 5.74) is 1.64. The molecule has 0 atom stereocenters. The van der Waals surface area contributed by atoms with Crippen LogP contribution < -0.4 is 4.72 Å². The zero-order valence-electron chi connectivity index (χ0n) is 14.2. The summed E-state index contributed by atoms with van der Waals surface area (Å²) < 4.78 is 28.6. The molecule has 0 aliphatic rings. The lowest BCUT2D eigenvalue weighted by Gasteiger charge is -2.13. The first kappa shape index (κ1) is 19.6. The molecule has 138 valence electrons. The van der Waals surface area contributed by atoms with E-state index in [9.17, 15) is 13.2 Å². The van der Waals surface area contributed by atoms with Crippen LogP contribution in [-0.2, 0) is 10.0 Å². The maximum Gasteiger partial charge on any atom is 0.261 e. The van der Waals surface area contributed by atoms with Crippen LogP contribution in [0.15, 0.2) is 76.1 Å². The Morgan fingerprint density at radius 3 is 2.30 bits per heavy atom. The standard InChI is InChI=1S/C20H15BrClNO3S/c1-13-6-9-15(10-7-13)27(25,26)23-19-11-8-14(21)12-17(19)20(24)16-4-2-3-5-18(16)22/h2-12,23H,1H3. The Morgan fingerprint density at radius 2 is 1.63 bits per heavy atom. The average molecular weight is 465 g/mol. The lowest BCUT2D eigenvalue weighted by Crippen LogP contribution is -2.16. The van der Waals surface area contributed by atoms with Gasteiger partial charge in [-0.25, -0.2) is 8.42 Å². The summed E-state index contributed by atoms with van der Waals surface area (Å²) in [6.07, 6.45) is 0. The van der Waals surface area contributed by atoms with Crippen LogP contribution in [0.2, 0.25) is 5.02 Å². The molecule has 0 aromatic heterocycles. The van der Waals surface area contributed by atoms with Crippen molar-refractivity contribution in [2.24, 2.45) is 0 Å². The second-order valence-electron chi connectivity index (χ2n) is 5.92. The Kier molecular flexibility index (Phi) is 5.69. The fourth-order valence-corrected chi connectivity index (χ4v) is 4.17. The monoisotopic (exact) mass is 463 g/mol. The van der Waals surface area contributed by atoms with E-state index in [-0.39, 0.29) is 21.9 Å². The van der Waals surface area contributed by atoms with Gasteiger partial charge in [-0.15, -0.1) is 0 Å². The van der Waals surface area contributed by atoms with Crippen LogP contribution in [0.5, 0.6) is 0 Å². The number of anilines is 1. The van der Waals surface area contributed by atoms with Crippen molar-refractivity contribution in [3.05, 3.63) is 92.9 Å². The number of ketones is 1. The van der Waals surface area contributed by atoms with Gasteiger partial charge >= 0.3 is 0 Å². The number of halogens is 2. The Bertz CT molecular complexity index is 1110. The van der Waals surface area contributed by atoms with Crippen molar-refractivity contribution in [2.45, 2.75) is 11.8 Å². The molecule has 0 spiro atoms. The molecular formula is C20H15BrClNO3S. The van der Waals surface area contributed by atoms with Crippen molar-refractivity contribution in [3.8, 4) is 0 Å². The number of hydrogen-bond donors (Lipinski definition) is 1. The molecule has 0 saturated heterocycles. The highest BCUT2D eigenvalue weighted by Crippen LogP contribution is 2.28. The van der Waals surface area contributed by atoms with Crippen LogP contribution in [0.3, 0.4) is 0 Å². The molecule has 0 saturated carbocycles. The minimum Gasteiger partial charge on any atom is -0.288 e. The maximum atomic E-state index is 13.0. The van der Waals surface area contributed by atoms with E-state index in [1.54, 1.807) is 54.6 Å². The quantitative estimate of drug-likeness (QED) is 0.511. The number of sulfonamides is 1. The second-order valence-corrected chi connectivity index (χ2v) is 8.92. The third-order valence-corrected chi connectivity index (χ3v) is 6.12. The second kappa shape index (κ2) is 7.84.